The van der Waals surface area contributed by atoms with Crippen molar-refractivity contribution < 1.29 is 5.11 Å². The van der Waals surface area contributed by atoms with Crippen LogP contribution in [0, 0.1) is 13.8 Å². The van der Waals surface area contributed by atoms with Crippen molar-refractivity contribution in [2.45, 2.75) is 36.8 Å². The van der Waals surface area contributed by atoms with Gasteiger partial charge in [0.15, 0.2) is 0 Å². The summed E-state index contributed by atoms with van der Waals surface area (Å²) in [7, 11) is 0. The molecule has 0 fully saturated rings. The predicted molar refractivity (Wildman–Crippen MR) is 74.9 cm³/mol. The predicted octanol–water partition coefficient (Wildman–Crippen LogP) is 3.90. The van der Waals surface area contributed by atoms with Gasteiger partial charge in [0.2, 0.25) is 0 Å². The van der Waals surface area contributed by atoms with Gasteiger partial charge in [0, 0.05) is 11.1 Å². The van der Waals surface area contributed by atoms with Crippen molar-refractivity contribution in [3.05, 3.63) is 53.2 Å². The molecule has 0 radical (unpaired) electrons. The lowest BCUT2D eigenvalue weighted by Crippen LogP contribution is -1.92. The summed E-state index contributed by atoms with van der Waals surface area (Å²) in [6.45, 7) is 5.96. The van der Waals surface area contributed by atoms with Crippen LogP contribution >= 0.6 is 11.8 Å². The highest BCUT2D eigenvalue weighted by molar-refractivity contribution is 7.99. The van der Waals surface area contributed by atoms with E-state index in [1.54, 1.807) is 24.9 Å². The number of pyridine rings is 1. The van der Waals surface area contributed by atoms with Crippen LogP contribution in [0.4, 0.5) is 0 Å². The Kier molecular flexibility index (Phi) is 4.04. The first-order valence-corrected chi connectivity index (χ1v) is 6.77. The molecule has 0 saturated heterocycles. The lowest BCUT2D eigenvalue weighted by molar-refractivity contribution is 0.199. The highest BCUT2D eigenvalue weighted by atomic mass is 32.2. The quantitative estimate of drug-likeness (QED) is 0.907. The number of hydrogen-bond acceptors (Lipinski definition) is 3. The van der Waals surface area contributed by atoms with Crippen LogP contribution in [0.3, 0.4) is 0 Å². The zero-order valence-electron chi connectivity index (χ0n) is 10.8. The van der Waals surface area contributed by atoms with E-state index in [0.29, 0.717) is 0 Å². The molecular weight excluding hydrogens is 242 g/mol. The molecule has 1 heterocycles. The van der Waals surface area contributed by atoms with Crippen LogP contribution in [0.1, 0.15) is 29.7 Å². The monoisotopic (exact) mass is 259 g/mol. The van der Waals surface area contributed by atoms with Crippen LogP contribution in [0.2, 0.25) is 0 Å². The molecule has 0 spiro atoms. The lowest BCUT2D eigenvalue weighted by atomic mass is 10.2. The average molecular weight is 259 g/mol. The van der Waals surface area contributed by atoms with Gasteiger partial charge in [-0.05, 0) is 50.1 Å². The highest BCUT2D eigenvalue weighted by Crippen LogP contribution is 2.30. The summed E-state index contributed by atoms with van der Waals surface area (Å²) in [4.78, 5) is 5.54. The number of aryl methyl sites for hydroxylation is 2. The topological polar surface area (TPSA) is 33.1 Å². The number of aliphatic hydroxyl groups is 1. The standard InChI is InChI=1S/C15H17NOS/c1-10-4-5-14(11(2)8-10)18-15-9-13(12(3)17)6-7-16-15/h4-9,12,17H,1-3H3. The summed E-state index contributed by atoms with van der Waals surface area (Å²) in [5.41, 5.74) is 3.42. The van der Waals surface area contributed by atoms with Crippen molar-refractivity contribution in [1.29, 1.82) is 0 Å². The zero-order valence-corrected chi connectivity index (χ0v) is 11.7. The van der Waals surface area contributed by atoms with Crippen LogP contribution in [0.15, 0.2) is 46.5 Å². The zero-order chi connectivity index (χ0) is 13.1. The van der Waals surface area contributed by atoms with Crippen molar-refractivity contribution >= 4 is 11.8 Å². The number of rotatable bonds is 3. The Balaban J connectivity index is 2.25. The van der Waals surface area contributed by atoms with E-state index in [0.717, 1.165) is 10.6 Å². The Labute approximate surface area is 112 Å². The summed E-state index contributed by atoms with van der Waals surface area (Å²) in [6, 6.07) is 10.2. The number of aromatic nitrogens is 1. The van der Waals surface area contributed by atoms with Gasteiger partial charge in [0.1, 0.15) is 5.03 Å². The molecule has 0 saturated carbocycles. The second-order valence-corrected chi connectivity index (χ2v) is 5.54. The third-order valence-electron chi connectivity index (χ3n) is 2.79. The van der Waals surface area contributed by atoms with Crippen molar-refractivity contribution in [3.8, 4) is 0 Å². The molecule has 2 nitrogen and oxygen atoms in total. The molecule has 3 heteroatoms. The van der Waals surface area contributed by atoms with Crippen molar-refractivity contribution in [2.75, 3.05) is 0 Å². The van der Waals surface area contributed by atoms with E-state index in [2.05, 4.69) is 37.0 Å². The molecular formula is C15H17NOS. The molecule has 2 rings (SSSR count). The minimum absolute atomic E-state index is 0.452. The number of benzene rings is 1. The van der Waals surface area contributed by atoms with Gasteiger partial charge < -0.3 is 5.11 Å². The van der Waals surface area contributed by atoms with Crippen LogP contribution < -0.4 is 0 Å². The molecule has 2 aromatic rings. The molecule has 0 aliphatic rings. The first-order valence-electron chi connectivity index (χ1n) is 5.95. The molecule has 0 aliphatic heterocycles. The number of nitrogens with zero attached hydrogens (tertiary/aromatic N) is 1. The molecule has 0 aliphatic carbocycles. The Bertz CT molecular complexity index is 552. The Morgan fingerprint density at radius 1 is 1.17 bits per heavy atom. The van der Waals surface area contributed by atoms with E-state index in [4.69, 9.17) is 0 Å². The van der Waals surface area contributed by atoms with Crippen LogP contribution in [0.25, 0.3) is 0 Å². The van der Waals surface area contributed by atoms with Crippen LogP contribution in [-0.4, -0.2) is 10.1 Å². The van der Waals surface area contributed by atoms with E-state index < -0.39 is 6.10 Å². The Hall–Kier alpha value is -1.32. The van der Waals surface area contributed by atoms with Crippen molar-refractivity contribution in [2.24, 2.45) is 0 Å². The van der Waals surface area contributed by atoms with Gasteiger partial charge in [-0.2, -0.15) is 0 Å². The van der Waals surface area contributed by atoms with Crippen LogP contribution in [0.5, 0.6) is 0 Å². The van der Waals surface area contributed by atoms with E-state index in [-0.39, 0.29) is 0 Å². The fraction of sp³-hybridized carbons (Fsp3) is 0.267. The molecule has 1 N–H and O–H groups in total. The number of aliphatic hydroxyl groups excluding tert-OH is 1. The third-order valence-corrected chi connectivity index (χ3v) is 3.90. The second-order valence-electron chi connectivity index (χ2n) is 4.47. The second kappa shape index (κ2) is 5.55. The summed E-state index contributed by atoms with van der Waals surface area (Å²) >= 11 is 1.63. The van der Waals surface area contributed by atoms with Gasteiger partial charge in [0.05, 0.1) is 6.10 Å². The lowest BCUT2D eigenvalue weighted by Gasteiger charge is -2.08. The largest absolute Gasteiger partial charge is 0.389 e. The van der Waals surface area contributed by atoms with Gasteiger partial charge in [-0.1, -0.05) is 29.5 Å². The molecule has 1 aromatic heterocycles. The molecule has 1 aromatic carbocycles. The smallest absolute Gasteiger partial charge is 0.101 e. The molecule has 94 valence electrons. The van der Waals surface area contributed by atoms with E-state index in [1.165, 1.54) is 16.0 Å². The first kappa shape index (κ1) is 13.1. The van der Waals surface area contributed by atoms with E-state index in [9.17, 15) is 5.11 Å². The highest BCUT2D eigenvalue weighted by Gasteiger charge is 2.06. The number of hydrogen-bond donors (Lipinski definition) is 1. The molecule has 0 bridgehead atoms. The maximum Gasteiger partial charge on any atom is 0.101 e. The van der Waals surface area contributed by atoms with Crippen LogP contribution in [-0.2, 0) is 0 Å². The SMILES string of the molecule is Cc1ccc(Sc2cc(C(C)O)ccn2)c(C)c1. The minimum atomic E-state index is -0.452. The molecule has 18 heavy (non-hydrogen) atoms. The van der Waals surface area contributed by atoms with Gasteiger partial charge in [-0.25, -0.2) is 4.98 Å². The van der Waals surface area contributed by atoms with Gasteiger partial charge in [-0.15, -0.1) is 0 Å². The fourth-order valence-corrected chi connectivity index (χ4v) is 2.66. The van der Waals surface area contributed by atoms with E-state index >= 15 is 0 Å². The molecule has 1 atom stereocenters. The summed E-state index contributed by atoms with van der Waals surface area (Å²) in [6.07, 6.45) is 1.29. The maximum atomic E-state index is 9.57. The Morgan fingerprint density at radius 3 is 2.61 bits per heavy atom. The summed E-state index contributed by atoms with van der Waals surface area (Å²) < 4.78 is 0. The minimum Gasteiger partial charge on any atom is -0.389 e. The normalized spacial score (nSPS) is 12.4. The fourth-order valence-electron chi connectivity index (χ4n) is 1.77. The van der Waals surface area contributed by atoms with E-state index in [1.807, 2.05) is 12.1 Å². The van der Waals surface area contributed by atoms with Gasteiger partial charge in [-0.3, -0.25) is 0 Å². The first-order chi connectivity index (χ1) is 8.56. The molecule has 1 unspecified atom stereocenters. The van der Waals surface area contributed by atoms with Crippen molar-refractivity contribution in [3.63, 3.8) is 0 Å². The third kappa shape index (κ3) is 3.12. The van der Waals surface area contributed by atoms with Gasteiger partial charge in [0.25, 0.3) is 0 Å². The Morgan fingerprint density at radius 2 is 1.94 bits per heavy atom. The summed E-state index contributed by atoms with van der Waals surface area (Å²) in [5, 5.41) is 10.5. The van der Waals surface area contributed by atoms with Crippen molar-refractivity contribution in [1.82, 2.24) is 4.98 Å². The van der Waals surface area contributed by atoms with Gasteiger partial charge >= 0.3 is 0 Å². The average Bonchev–Trinajstić information content (AvgIpc) is 2.33. The molecule has 0 amide bonds. The maximum absolute atomic E-state index is 9.57. The summed E-state index contributed by atoms with van der Waals surface area (Å²) in [5.74, 6) is 0.